The molecule has 0 unspecified atom stereocenters. The zero-order valence-electron chi connectivity index (χ0n) is 22.7. The summed E-state index contributed by atoms with van der Waals surface area (Å²) < 4.78 is 4.29. The van der Waals surface area contributed by atoms with E-state index in [1.165, 1.54) is 16.3 Å². The number of pyridine rings is 1. The first-order valence-corrected chi connectivity index (χ1v) is 14.3. The third-order valence-electron chi connectivity index (χ3n) is 8.66. The van der Waals surface area contributed by atoms with E-state index >= 15 is 0 Å². The van der Waals surface area contributed by atoms with Gasteiger partial charge in [0.05, 0.1) is 22.2 Å². The molecule has 9 aromatic rings. The van der Waals surface area contributed by atoms with Crippen LogP contribution in [-0.4, -0.2) is 8.97 Å². The number of rotatable bonds is 3. The Morgan fingerprint density at radius 1 is 0.429 bits per heavy atom. The lowest BCUT2D eigenvalue weighted by Gasteiger charge is -2.10. The van der Waals surface area contributed by atoms with Crippen LogP contribution >= 0.6 is 0 Å². The summed E-state index contributed by atoms with van der Waals surface area (Å²) in [4.78, 5) is 14.2. The van der Waals surface area contributed by atoms with E-state index in [1.54, 1.807) is 0 Å². The molecule has 0 bridgehead atoms. The summed E-state index contributed by atoms with van der Waals surface area (Å²) in [5, 5.41) is 6.29. The SMILES string of the molecule is O=c1c2ccccc2c2cccc3c(-c4ccc5c(c4)c4ccccc4n5-c4ccccc4)c(-c4ccccc4)n1c32. The normalized spacial score (nSPS) is 11.9. The molecule has 0 N–H and O–H groups in total. The molecule has 0 fully saturated rings. The lowest BCUT2D eigenvalue weighted by molar-refractivity contribution is 1.16. The first-order chi connectivity index (χ1) is 20.8. The molecule has 0 aliphatic heterocycles. The molecule has 3 aromatic heterocycles. The number of fused-ring (bicyclic) bond motifs is 5. The zero-order valence-corrected chi connectivity index (χ0v) is 22.7. The van der Waals surface area contributed by atoms with E-state index in [1.807, 2.05) is 40.8 Å². The molecule has 0 aliphatic rings. The Morgan fingerprint density at radius 2 is 1.05 bits per heavy atom. The molecule has 196 valence electrons. The fraction of sp³-hybridized carbons (Fsp3) is 0. The van der Waals surface area contributed by atoms with Gasteiger partial charge in [-0.25, -0.2) is 0 Å². The third kappa shape index (κ3) is 3.08. The van der Waals surface area contributed by atoms with E-state index in [-0.39, 0.29) is 5.56 Å². The molecule has 3 nitrogen and oxygen atoms in total. The van der Waals surface area contributed by atoms with Crippen LogP contribution in [0.5, 0.6) is 0 Å². The number of hydrogen-bond donors (Lipinski definition) is 0. The van der Waals surface area contributed by atoms with Gasteiger partial charge in [0.25, 0.3) is 5.56 Å². The van der Waals surface area contributed by atoms with Gasteiger partial charge in [-0.3, -0.25) is 9.20 Å². The van der Waals surface area contributed by atoms with Crippen molar-refractivity contribution >= 4 is 48.9 Å². The van der Waals surface area contributed by atoms with Gasteiger partial charge >= 0.3 is 0 Å². The number of benzene rings is 6. The van der Waals surface area contributed by atoms with Gasteiger partial charge in [0, 0.05) is 38.2 Å². The van der Waals surface area contributed by atoms with E-state index in [4.69, 9.17) is 0 Å². The largest absolute Gasteiger partial charge is 0.309 e. The van der Waals surface area contributed by atoms with Crippen LogP contribution in [0.4, 0.5) is 0 Å². The highest BCUT2D eigenvalue weighted by molar-refractivity contribution is 6.19. The molecule has 3 heteroatoms. The van der Waals surface area contributed by atoms with E-state index in [0.717, 1.165) is 60.6 Å². The first kappa shape index (κ1) is 23.1. The van der Waals surface area contributed by atoms with Crippen molar-refractivity contribution in [3.05, 3.63) is 156 Å². The van der Waals surface area contributed by atoms with Gasteiger partial charge in [-0.2, -0.15) is 0 Å². The summed E-state index contributed by atoms with van der Waals surface area (Å²) in [6.45, 7) is 0. The van der Waals surface area contributed by atoms with E-state index in [0.29, 0.717) is 0 Å². The Kier molecular flexibility index (Phi) is 4.76. The maximum atomic E-state index is 14.2. The van der Waals surface area contributed by atoms with E-state index in [2.05, 4.69) is 114 Å². The number of hydrogen-bond acceptors (Lipinski definition) is 1. The van der Waals surface area contributed by atoms with Gasteiger partial charge < -0.3 is 4.57 Å². The van der Waals surface area contributed by atoms with Crippen molar-refractivity contribution in [3.63, 3.8) is 0 Å². The molecule has 0 atom stereocenters. The molecule has 0 saturated heterocycles. The number of nitrogens with zero attached hydrogens (tertiary/aromatic N) is 2. The summed E-state index contributed by atoms with van der Waals surface area (Å²) >= 11 is 0. The zero-order chi connectivity index (χ0) is 27.8. The lowest BCUT2D eigenvalue weighted by atomic mass is 9.96. The Balaban J connectivity index is 1.45. The minimum Gasteiger partial charge on any atom is -0.309 e. The molecule has 0 saturated carbocycles. The smallest absolute Gasteiger partial charge is 0.263 e. The molecule has 9 rings (SSSR count). The summed E-state index contributed by atoms with van der Waals surface area (Å²) in [5.74, 6) is 0. The maximum absolute atomic E-state index is 14.2. The van der Waals surface area contributed by atoms with Crippen LogP contribution in [0.2, 0.25) is 0 Å². The van der Waals surface area contributed by atoms with Crippen LogP contribution < -0.4 is 5.56 Å². The fourth-order valence-electron chi connectivity index (χ4n) is 6.93. The second-order valence-corrected chi connectivity index (χ2v) is 10.9. The molecule has 6 aromatic carbocycles. The first-order valence-electron chi connectivity index (χ1n) is 14.3. The van der Waals surface area contributed by atoms with Gasteiger partial charge in [-0.1, -0.05) is 109 Å². The summed E-state index contributed by atoms with van der Waals surface area (Å²) in [6, 6.07) is 50.6. The Morgan fingerprint density at radius 3 is 1.86 bits per heavy atom. The molecular weight excluding hydrogens is 512 g/mol. The van der Waals surface area contributed by atoms with Crippen molar-refractivity contribution < 1.29 is 0 Å². The second-order valence-electron chi connectivity index (χ2n) is 10.9. The molecule has 0 aliphatic carbocycles. The van der Waals surface area contributed by atoms with Crippen molar-refractivity contribution in [2.75, 3.05) is 0 Å². The highest BCUT2D eigenvalue weighted by Crippen LogP contribution is 2.44. The summed E-state index contributed by atoms with van der Waals surface area (Å²) in [7, 11) is 0. The lowest BCUT2D eigenvalue weighted by Crippen LogP contribution is -2.14. The van der Waals surface area contributed by atoms with Crippen LogP contribution in [0.1, 0.15) is 0 Å². The van der Waals surface area contributed by atoms with Crippen LogP contribution in [0.15, 0.2) is 150 Å². The van der Waals surface area contributed by atoms with Crippen LogP contribution in [0.25, 0.3) is 76.9 Å². The Bertz CT molecular complexity index is 2520. The molecule has 0 spiro atoms. The minimum atomic E-state index is 0.0150. The predicted molar refractivity (Wildman–Crippen MR) is 175 cm³/mol. The molecule has 3 heterocycles. The number of aromatic nitrogens is 2. The van der Waals surface area contributed by atoms with Crippen molar-refractivity contribution in [3.8, 4) is 28.1 Å². The predicted octanol–water partition coefficient (Wildman–Crippen LogP) is 9.47. The van der Waals surface area contributed by atoms with Crippen molar-refractivity contribution in [2.24, 2.45) is 0 Å². The number of para-hydroxylation sites is 3. The third-order valence-corrected chi connectivity index (χ3v) is 8.66. The van der Waals surface area contributed by atoms with Crippen LogP contribution in [-0.2, 0) is 0 Å². The fourth-order valence-corrected chi connectivity index (χ4v) is 6.93. The highest BCUT2D eigenvalue weighted by atomic mass is 16.1. The van der Waals surface area contributed by atoms with Crippen molar-refractivity contribution in [2.45, 2.75) is 0 Å². The molecule has 0 radical (unpaired) electrons. The second kappa shape index (κ2) is 8.66. The van der Waals surface area contributed by atoms with Gasteiger partial charge in [-0.05, 0) is 52.9 Å². The van der Waals surface area contributed by atoms with Gasteiger partial charge in [0.2, 0.25) is 0 Å². The topological polar surface area (TPSA) is 26.4 Å². The average Bonchev–Trinajstić information content (AvgIpc) is 3.58. The Labute approximate surface area is 241 Å². The molecule has 42 heavy (non-hydrogen) atoms. The quantitative estimate of drug-likeness (QED) is 0.207. The van der Waals surface area contributed by atoms with E-state index < -0.39 is 0 Å². The highest BCUT2D eigenvalue weighted by Gasteiger charge is 2.24. The summed E-state index contributed by atoms with van der Waals surface area (Å²) in [5.41, 5.74) is 8.59. The van der Waals surface area contributed by atoms with Crippen LogP contribution in [0, 0.1) is 0 Å². The van der Waals surface area contributed by atoms with Gasteiger partial charge in [0.1, 0.15) is 0 Å². The van der Waals surface area contributed by atoms with Gasteiger partial charge in [-0.15, -0.1) is 0 Å². The van der Waals surface area contributed by atoms with Crippen molar-refractivity contribution in [1.29, 1.82) is 0 Å². The minimum absolute atomic E-state index is 0.0150. The standard InChI is InChI=1S/C39H24N2O/c42-39-31-18-8-7-16-28(31)30-19-11-20-32-36(37(41(39)38(30)32)25-12-3-1-4-13-25)26-22-23-35-33(24-26)29-17-9-10-21-34(29)40(35)27-14-5-2-6-15-27/h1-24H. The average molecular weight is 537 g/mol. The van der Waals surface area contributed by atoms with Crippen molar-refractivity contribution in [1.82, 2.24) is 8.97 Å². The Hall–Kier alpha value is -5.67. The monoisotopic (exact) mass is 536 g/mol. The van der Waals surface area contributed by atoms with Gasteiger partial charge in [0.15, 0.2) is 0 Å². The van der Waals surface area contributed by atoms with Crippen LogP contribution in [0.3, 0.4) is 0 Å². The molecule has 0 amide bonds. The maximum Gasteiger partial charge on any atom is 0.263 e. The van der Waals surface area contributed by atoms with E-state index in [9.17, 15) is 4.79 Å². The molecular formula is C39H24N2O. The summed E-state index contributed by atoms with van der Waals surface area (Å²) in [6.07, 6.45) is 0.